The lowest BCUT2D eigenvalue weighted by atomic mass is 9.86. The fourth-order valence-corrected chi connectivity index (χ4v) is 2.69. The number of hydrogen-bond acceptors (Lipinski definition) is 3. The van der Waals surface area contributed by atoms with Crippen molar-refractivity contribution in [2.24, 2.45) is 0 Å². The zero-order chi connectivity index (χ0) is 13.0. The van der Waals surface area contributed by atoms with Gasteiger partial charge in [-0.25, -0.2) is 0 Å². The predicted molar refractivity (Wildman–Crippen MR) is 73.1 cm³/mol. The van der Waals surface area contributed by atoms with Gasteiger partial charge in [-0.3, -0.25) is 0 Å². The first kappa shape index (κ1) is 13.4. The summed E-state index contributed by atoms with van der Waals surface area (Å²) >= 11 is 0. The van der Waals surface area contributed by atoms with E-state index in [1.54, 1.807) is 0 Å². The van der Waals surface area contributed by atoms with Crippen LogP contribution in [-0.4, -0.2) is 42.9 Å². The number of likely N-dealkylation sites (N-methyl/N-ethyl adjacent to an activating group) is 1. The first-order chi connectivity index (χ1) is 8.74. The third kappa shape index (κ3) is 3.03. The van der Waals surface area contributed by atoms with E-state index in [0.717, 1.165) is 18.7 Å². The lowest BCUT2D eigenvalue weighted by molar-refractivity contribution is 0.104. The number of aliphatic hydroxyl groups is 1. The van der Waals surface area contributed by atoms with Crippen molar-refractivity contribution in [1.29, 1.82) is 0 Å². The molecule has 0 saturated carbocycles. The van der Waals surface area contributed by atoms with E-state index in [0.29, 0.717) is 18.6 Å². The van der Waals surface area contributed by atoms with E-state index in [-0.39, 0.29) is 6.61 Å². The van der Waals surface area contributed by atoms with Crippen molar-refractivity contribution < 1.29 is 9.84 Å². The molecule has 1 fully saturated rings. The summed E-state index contributed by atoms with van der Waals surface area (Å²) in [6.07, 6.45) is 2.21. The molecule has 1 aliphatic heterocycles. The Bertz CT molecular complexity index is 363. The first-order valence-electron chi connectivity index (χ1n) is 6.78. The summed E-state index contributed by atoms with van der Waals surface area (Å²) in [5.74, 6) is 1.50. The molecule has 1 heterocycles. The van der Waals surface area contributed by atoms with E-state index in [9.17, 15) is 5.11 Å². The smallest absolute Gasteiger partial charge is 0.119 e. The number of hydrogen-bond donors (Lipinski definition) is 1. The predicted octanol–water partition coefficient (Wildman–Crippen LogP) is 2.26. The van der Waals surface area contributed by atoms with E-state index in [2.05, 4.69) is 24.1 Å². The molecule has 2 atom stereocenters. The molecule has 0 aromatic heterocycles. The molecule has 1 aromatic carbocycles. The Morgan fingerprint density at radius 2 is 2.06 bits per heavy atom. The fourth-order valence-electron chi connectivity index (χ4n) is 2.69. The van der Waals surface area contributed by atoms with E-state index in [1.165, 1.54) is 12.0 Å². The van der Waals surface area contributed by atoms with Gasteiger partial charge in [-0.1, -0.05) is 12.1 Å². The van der Waals surface area contributed by atoms with E-state index < -0.39 is 0 Å². The van der Waals surface area contributed by atoms with Gasteiger partial charge < -0.3 is 14.7 Å². The van der Waals surface area contributed by atoms with Crippen LogP contribution >= 0.6 is 0 Å². The van der Waals surface area contributed by atoms with Crippen molar-refractivity contribution in [3.8, 4) is 5.75 Å². The van der Waals surface area contributed by atoms with Crippen LogP contribution in [0.2, 0.25) is 0 Å². The van der Waals surface area contributed by atoms with Crippen LogP contribution in [0.5, 0.6) is 5.75 Å². The maximum atomic E-state index is 9.38. The zero-order valence-corrected chi connectivity index (χ0v) is 11.3. The molecule has 0 amide bonds. The maximum absolute atomic E-state index is 9.38. The molecule has 0 aliphatic carbocycles. The van der Waals surface area contributed by atoms with Crippen molar-refractivity contribution in [1.82, 2.24) is 4.90 Å². The highest BCUT2D eigenvalue weighted by molar-refractivity contribution is 5.29. The van der Waals surface area contributed by atoms with Crippen molar-refractivity contribution in [2.45, 2.75) is 31.7 Å². The van der Waals surface area contributed by atoms with Crippen molar-refractivity contribution in [3.05, 3.63) is 29.8 Å². The highest BCUT2D eigenvalue weighted by Crippen LogP contribution is 2.31. The van der Waals surface area contributed by atoms with Gasteiger partial charge in [0.05, 0.1) is 13.2 Å². The molecule has 100 valence electrons. The number of likely N-dealkylation sites (tertiary alicyclic amines) is 1. The van der Waals surface area contributed by atoms with Crippen LogP contribution in [0.3, 0.4) is 0 Å². The largest absolute Gasteiger partial charge is 0.494 e. The fraction of sp³-hybridized carbons (Fsp3) is 0.600. The number of ether oxygens (including phenoxy) is 1. The summed E-state index contributed by atoms with van der Waals surface area (Å²) in [6, 6.07) is 8.72. The van der Waals surface area contributed by atoms with Gasteiger partial charge in [0.25, 0.3) is 0 Å². The van der Waals surface area contributed by atoms with Crippen molar-refractivity contribution >= 4 is 0 Å². The molecule has 0 bridgehead atoms. The zero-order valence-electron chi connectivity index (χ0n) is 11.3. The number of benzene rings is 1. The molecular weight excluding hydrogens is 226 g/mol. The van der Waals surface area contributed by atoms with Crippen molar-refractivity contribution in [3.63, 3.8) is 0 Å². The monoisotopic (exact) mass is 249 g/mol. The minimum absolute atomic E-state index is 0.254. The van der Waals surface area contributed by atoms with Crippen LogP contribution in [0.15, 0.2) is 24.3 Å². The molecule has 0 spiro atoms. The molecule has 1 saturated heterocycles. The van der Waals surface area contributed by atoms with Crippen LogP contribution < -0.4 is 4.74 Å². The standard InChI is InChI=1S/C15H23NO2/c1-3-18-15-6-4-12(5-7-15)13-8-9-16(2)14(10-13)11-17/h4-7,13-14,17H,3,8-11H2,1-2H3/t13-,14?/m0/s1. The summed E-state index contributed by atoms with van der Waals surface area (Å²) in [5, 5.41) is 9.38. The van der Waals surface area contributed by atoms with E-state index >= 15 is 0 Å². The normalized spacial score (nSPS) is 25.1. The van der Waals surface area contributed by atoms with Gasteiger partial charge >= 0.3 is 0 Å². The van der Waals surface area contributed by atoms with Gasteiger partial charge in [0.1, 0.15) is 5.75 Å². The van der Waals surface area contributed by atoms with Crippen LogP contribution in [0.25, 0.3) is 0 Å². The quantitative estimate of drug-likeness (QED) is 0.888. The average Bonchev–Trinajstić information content (AvgIpc) is 2.41. The summed E-state index contributed by atoms with van der Waals surface area (Å²) < 4.78 is 5.46. The van der Waals surface area contributed by atoms with E-state index in [4.69, 9.17) is 4.74 Å². The third-order valence-corrected chi connectivity index (χ3v) is 3.88. The Hall–Kier alpha value is -1.06. The molecule has 1 unspecified atom stereocenters. The molecular formula is C15H23NO2. The molecule has 1 aliphatic rings. The Labute approximate surface area is 109 Å². The van der Waals surface area contributed by atoms with Crippen LogP contribution in [0.1, 0.15) is 31.2 Å². The highest BCUT2D eigenvalue weighted by atomic mass is 16.5. The number of piperidine rings is 1. The Morgan fingerprint density at radius 3 is 2.67 bits per heavy atom. The molecule has 1 N–H and O–H groups in total. The van der Waals surface area contributed by atoms with Gasteiger partial charge in [0.2, 0.25) is 0 Å². The number of aliphatic hydroxyl groups excluding tert-OH is 1. The second kappa shape index (κ2) is 6.21. The highest BCUT2D eigenvalue weighted by Gasteiger charge is 2.26. The minimum Gasteiger partial charge on any atom is -0.494 e. The SMILES string of the molecule is CCOc1ccc([C@H]2CCN(C)C(CO)C2)cc1. The second-order valence-electron chi connectivity index (χ2n) is 5.04. The Kier molecular flexibility index (Phi) is 4.61. The Balaban J connectivity index is 2.02. The van der Waals surface area contributed by atoms with Crippen LogP contribution in [0, 0.1) is 0 Å². The van der Waals surface area contributed by atoms with Gasteiger partial charge in [0, 0.05) is 6.04 Å². The summed E-state index contributed by atoms with van der Waals surface area (Å²) in [5.41, 5.74) is 1.37. The molecule has 18 heavy (non-hydrogen) atoms. The molecule has 3 nitrogen and oxygen atoms in total. The molecule has 1 aromatic rings. The van der Waals surface area contributed by atoms with Crippen LogP contribution in [-0.2, 0) is 0 Å². The lowest BCUT2D eigenvalue weighted by Crippen LogP contribution is -2.41. The topological polar surface area (TPSA) is 32.7 Å². The third-order valence-electron chi connectivity index (χ3n) is 3.88. The summed E-state index contributed by atoms with van der Waals surface area (Å²) in [7, 11) is 2.09. The summed E-state index contributed by atoms with van der Waals surface area (Å²) in [4.78, 5) is 2.26. The maximum Gasteiger partial charge on any atom is 0.119 e. The van der Waals surface area contributed by atoms with Crippen LogP contribution in [0.4, 0.5) is 0 Å². The van der Waals surface area contributed by atoms with Crippen molar-refractivity contribution in [2.75, 3.05) is 26.8 Å². The number of nitrogens with zero attached hydrogens (tertiary/aromatic N) is 1. The minimum atomic E-state index is 0.254. The van der Waals surface area contributed by atoms with Gasteiger partial charge in [-0.2, -0.15) is 0 Å². The summed E-state index contributed by atoms with van der Waals surface area (Å²) in [6.45, 7) is 4.02. The van der Waals surface area contributed by atoms with E-state index in [1.807, 2.05) is 19.1 Å². The first-order valence-corrected chi connectivity index (χ1v) is 6.78. The molecule has 0 radical (unpaired) electrons. The van der Waals surface area contributed by atoms with Gasteiger partial charge in [-0.15, -0.1) is 0 Å². The number of rotatable bonds is 4. The molecule has 2 rings (SSSR count). The second-order valence-corrected chi connectivity index (χ2v) is 5.04. The Morgan fingerprint density at radius 1 is 1.33 bits per heavy atom. The average molecular weight is 249 g/mol. The molecule has 3 heteroatoms. The van der Waals surface area contributed by atoms with Gasteiger partial charge in [0.15, 0.2) is 0 Å². The van der Waals surface area contributed by atoms with Gasteiger partial charge in [-0.05, 0) is 57.0 Å². The lowest BCUT2D eigenvalue weighted by Gasteiger charge is -2.36.